The van der Waals surface area contributed by atoms with Crippen LogP contribution in [-0.2, 0) is 6.54 Å². The Bertz CT molecular complexity index is 720. The van der Waals surface area contributed by atoms with Crippen molar-refractivity contribution in [3.05, 3.63) is 59.1 Å². The van der Waals surface area contributed by atoms with Gasteiger partial charge in [0.15, 0.2) is 0 Å². The monoisotopic (exact) mass is 280 g/mol. The summed E-state index contributed by atoms with van der Waals surface area (Å²) in [5.41, 5.74) is 1.19. The number of benzene rings is 1. The van der Waals surface area contributed by atoms with Crippen molar-refractivity contribution < 1.29 is 0 Å². The average molecular weight is 280 g/mol. The Kier molecular flexibility index (Phi) is 5.10. The molecule has 1 heterocycles. The predicted octanol–water partition coefficient (Wildman–Crippen LogP) is 1.90. The standard InChI is InChI=1S/C17H20N4/c1-4-9-15-14(5-2)16(18-3)21-17(20-15)19-12-13-10-7-6-8-11-13/h4-11H,1,12H2,2-3H3,(H2,18,19,20,21)/b14-5+,15-9+. The third-order valence-electron chi connectivity index (χ3n) is 3.07. The van der Waals surface area contributed by atoms with Gasteiger partial charge in [0, 0.05) is 18.8 Å². The molecule has 0 aliphatic rings. The smallest absolute Gasteiger partial charge is 0.225 e. The number of anilines is 2. The molecule has 2 rings (SSSR count). The zero-order valence-electron chi connectivity index (χ0n) is 12.4. The number of hydrogen-bond donors (Lipinski definition) is 2. The van der Waals surface area contributed by atoms with Gasteiger partial charge in [-0.15, -0.1) is 0 Å². The fourth-order valence-electron chi connectivity index (χ4n) is 2.06. The summed E-state index contributed by atoms with van der Waals surface area (Å²) in [6, 6.07) is 10.2. The van der Waals surface area contributed by atoms with Crippen molar-refractivity contribution in [2.24, 2.45) is 0 Å². The van der Waals surface area contributed by atoms with Crippen molar-refractivity contribution in [3.8, 4) is 0 Å². The van der Waals surface area contributed by atoms with Crippen molar-refractivity contribution in [1.29, 1.82) is 0 Å². The lowest BCUT2D eigenvalue weighted by Crippen LogP contribution is -2.32. The van der Waals surface area contributed by atoms with Gasteiger partial charge < -0.3 is 10.6 Å². The van der Waals surface area contributed by atoms with Crippen LogP contribution in [-0.4, -0.2) is 17.0 Å². The highest BCUT2D eigenvalue weighted by Gasteiger charge is 2.02. The van der Waals surface area contributed by atoms with Crippen molar-refractivity contribution in [1.82, 2.24) is 9.97 Å². The number of nitrogens with one attached hydrogen (secondary N) is 2. The molecular formula is C17H20N4. The van der Waals surface area contributed by atoms with Crippen LogP contribution in [0, 0.1) is 0 Å². The van der Waals surface area contributed by atoms with Crippen LogP contribution in [0.4, 0.5) is 11.8 Å². The molecule has 0 amide bonds. The summed E-state index contributed by atoms with van der Waals surface area (Å²) in [6.07, 6.45) is 5.60. The van der Waals surface area contributed by atoms with E-state index in [-0.39, 0.29) is 0 Å². The first-order valence-electron chi connectivity index (χ1n) is 6.91. The minimum Gasteiger partial charge on any atom is -0.372 e. The third-order valence-corrected chi connectivity index (χ3v) is 3.07. The molecule has 0 atom stereocenters. The molecule has 0 radical (unpaired) electrons. The molecule has 0 aliphatic carbocycles. The lowest BCUT2D eigenvalue weighted by molar-refractivity contribution is 1.03. The Morgan fingerprint density at radius 1 is 1.19 bits per heavy atom. The molecule has 0 saturated heterocycles. The van der Waals surface area contributed by atoms with Crippen LogP contribution in [0.1, 0.15) is 12.5 Å². The molecule has 21 heavy (non-hydrogen) atoms. The zero-order valence-corrected chi connectivity index (χ0v) is 12.4. The van der Waals surface area contributed by atoms with Crippen LogP contribution < -0.4 is 21.2 Å². The topological polar surface area (TPSA) is 49.8 Å². The Morgan fingerprint density at radius 3 is 2.57 bits per heavy atom. The normalized spacial score (nSPS) is 12.3. The van der Waals surface area contributed by atoms with Gasteiger partial charge in [0.1, 0.15) is 5.82 Å². The number of hydrogen-bond acceptors (Lipinski definition) is 4. The maximum Gasteiger partial charge on any atom is 0.225 e. The van der Waals surface area contributed by atoms with Crippen LogP contribution in [0.5, 0.6) is 0 Å². The van der Waals surface area contributed by atoms with E-state index in [1.54, 1.807) is 6.08 Å². The van der Waals surface area contributed by atoms with Gasteiger partial charge in [-0.3, -0.25) is 0 Å². The van der Waals surface area contributed by atoms with Gasteiger partial charge in [0.2, 0.25) is 5.95 Å². The molecule has 0 unspecified atom stereocenters. The molecule has 4 heteroatoms. The first-order valence-corrected chi connectivity index (χ1v) is 6.91. The molecule has 4 nitrogen and oxygen atoms in total. The van der Waals surface area contributed by atoms with Gasteiger partial charge in [0.05, 0.1) is 5.35 Å². The summed E-state index contributed by atoms with van der Waals surface area (Å²) in [6.45, 7) is 6.40. The van der Waals surface area contributed by atoms with E-state index in [1.165, 1.54) is 5.56 Å². The summed E-state index contributed by atoms with van der Waals surface area (Å²) >= 11 is 0. The van der Waals surface area contributed by atoms with E-state index in [0.29, 0.717) is 12.5 Å². The van der Waals surface area contributed by atoms with E-state index < -0.39 is 0 Å². The lowest BCUT2D eigenvalue weighted by atomic mass is 10.2. The quantitative estimate of drug-likeness (QED) is 0.878. The maximum absolute atomic E-state index is 4.54. The largest absolute Gasteiger partial charge is 0.372 e. The fourth-order valence-corrected chi connectivity index (χ4v) is 2.06. The van der Waals surface area contributed by atoms with Gasteiger partial charge in [-0.25, -0.2) is 4.98 Å². The lowest BCUT2D eigenvalue weighted by Gasteiger charge is -2.08. The van der Waals surface area contributed by atoms with Gasteiger partial charge in [-0.2, -0.15) is 4.98 Å². The minimum absolute atomic E-state index is 0.599. The second-order valence-electron chi connectivity index (χ2n) is 4.47. The van der Waals surface area contributed by atoms with Crippen LogP contribution >= 0.6 is 0 Å². The molecule has 0 fully saturated rings. The third kappa shape index (κ3) is 3.69. The maximum atomic E-state index is 4.54. The summed E-state index contributed by atoms with van der Waals surface area (Å²) in [5.74, 6) is 1.40. The summed E-state index contributed by atoms with van der Waals surface area (Å²) in [7, 11) is 1.86. The van der Waals surface area contributed by atoms with Crippen molar-refractivity contribution in [2.75, 3.05) is 17.7 Å². The van der Waals surface area contributed by atoms with Gasteiger partial charge in [-0.05, 0) is 18.6 Å². The number of aromatic nitrogens is 2. The molecular weight excluding hydrogens is 260 g/mol. The van der Waals surface area contributed by atoms with Crippen molar-refractivity contribution in [3.63, 3.8) is 0 Å². The van der Waals surface area contributed by atoms with Crippen LogP contribution in [0.3, 0.4) is 0 Å². The van der Waals surface area contributed by atoms with E-state index in [4.69, 9.17) is 0 Å². The molecule has 1 aromatic carbocycles. The Morgan fingerprint density at radius 2 is 1.95 bits per heavy atom. The second-order valence-corrected chi connectivity index (χ2v) is 4.47. The Hall–Kier alpha value is -2.62. The molecule has 108 valence electrons. The first-order chi connectivity index (χ1) is 10.3. The second kappa shape index (κ2) is 7.24. The zero-order chi connectivity index (χ0) is 15.1. The van der Waals surface area contributed by atoms with E-state index >= 15 is 0 Å². The van der Waals surface area contributed by atoms with E-state index in [0.717, 1.165) is 16.4 Å². The van der Waals surface area contributed by atoms with E-state index in [9.17, 15) is 0 Å². The Balaban J connectivity index is 2.35. The van der Waals surface area contributed by atoms with Crippen LogP contribution in [0.25, 0.3) is 12.2 Å². The summed E-state index contributed by atoms with van der Waals surface area (Å²) in [4.78, 5) is 9.04. The molecule has 0 aliphatic heterocycles. The highest BCUT2D eigenvalue weighted by atomic mass is 15.1. The number of nitrogens with zero attached hydrogens (tertiary/aromatic N) is 2. The van der Waals surface area contributed by atoms with Crippen LogP contribution in [0.2, 0.25) is 0 Å². The number of allylic oxidation sites excluding steroid dienone is 1. The molecule has 1 aromatic heterocycles. The highest BCUT2D eigenvalue weighted by Crippen LogP contribution is 2.03. The molecule has 0 saturated carbocycles. The van der Waals surface area contributed by atoms with Gasteiger partial charge >= 0.3 is 0 Å². The fraction of sp³-hybridized carbons (Fsp3) is 0.176. The molecule has 2 aromatic rings. The number of rotatable bonds is 5. The van der Waals surface area contributed by atoms with Crippen LogP contribution in [0.15, 0.2) is 43.0 Å². The van der Waals surface area contributed by atoms with Gasteiger partial charge in [0.25, 0.3) is 0 Å². The van der Waals surface area contributed by atoms with Gasteiger partial charge in [-0.1, -0.05) is 49.1 Å². The Labute approximate surface area is 125 Å². The summed E-state index contributed by atoms with van der Waals surface area (Å²) in [5, 5.41) is 8.19. The van der Waals surface area contributed by atoms with E-state index in [1.807, 2.05) is 44.3 Å². The molecule has 2 N–H and O–H groups in total. The van der Waals surface area contributed by atoms with Crippen molar-refractivity contribution >= 4 is 23.9 Å². The minimum atomic E-state index is 0.599. The SMILES string of the molecule is C=C/C=c1/nc(NCc2ccccc2)nc(NC)/c1=C/C. The summed E-state index contributed by atoms with van der Waals surface area (Å²) < 4.78 is 0. The van der Waals surface area contributed by atoms with Crippen molar-refractivity contribution in [2.45, 2.75) is 13.5 Å². The molecule has 0 spiro atoms. The predicted molar refractivity (Wildman–Crippen MR) is 89.4 cm³/mol. The molecule has 0 bridgehead atoms. The average Bonchev–Trinajstić information content (AvgIpc) is 2.53. The first kappa shape index (κ1) is 14.8. The van der Waals surface area contributed by atoms with E-state index in [2.05, 4.69) is 39.3 Å². The highest BCUT2D eigenvalue weighted by molar-refractivity contribution is 5.49.